The number of aromatic nitrogens is 2. The van der Waals surface area contributed by atoms with Gasteiger partial charge in [-0.25, -0.2) is 14.8 Å². The van der Waals surface area contributed by atoms with Crippen LogP contribution < -0.4 is 14.4 Å². The topological polar surface area (TPSA) is 71.0 Å². The number of carbonyl (C=O) groups excluding carboxylic acids is 1. The molecule has 0 radical (unpaired) electrons. The van der Waals surface area contributed by atoms with E-state index in [2.05, 4.69) is 27.0 Å². The molecule has 0 unspecified atom stereocenters. The Kier molecular flexibility index (Phi) is 5.17. The number of anilines is 1. The number of nitrogens with zero attached hydrogens (tertiary/aromatic N) is 5. The number of methoxy groups -OCH3 is 2. The Morgan fingerprint density at radius 3 is 2.48 bits per heavy atom. The fraction of sp³-hybridized carbons (Fsp3) is 0.476. The van der Waals surface area contributed by atoms with Gasteiger partial charge in [0, 0.05) is 51.6 Å². The summed E-state index contributed by atoms with van der Waals surface area (Å²) in [6.07, 6.45) is 1.53. The molecule has 3 atom stereocenters. The lowest BCUT2D eigenvalue weighted by molar-refractivity contribution is 0.159. The smallest absolute Gasteiger partial charge is 0.320 e. The summed E-state index contributed by atoms with van der Waals surface area (Å²) < 4.78 is 10.6. The van der Waals surface area contributed by atoms with E-state index in [0.717, 1.165) is 36.8 Å². The Hall–Kier alpha value is -3.03. The Labute approximate surface area is 171 Å². The third-order valence-corrected chi connectivity index (χ3v) is 5.91. The van der Waals surface area contributed by atoms with Crippen LogP contribution in [-0.4, -0.2) is 73.7 Å². The molecule has 2 amide bonds. The number of fused-ring (bicyclic) bond motifs is 1. The minimum atomic E-state index is 0.0227. The van der Waals surface area contributed by atoms with Gasteiger partial charge in [0.05, 0.1) is 20.3 Å². The largest absolute Gasteiger partial charge is 0.497 e. The summed E-state index contributed by atoms with van der Waals surface area (Å²) in [5.74, 6) is 2.95. The zero-order valence-electron chi connectivity index (χ0n) is 17.3. The van der Waals surface area contributed by atoms with Crippen LogP contribution in [0.2, 0.25) is 0 Å². The SMILES string of the molecule is COc1ccc([C@H]2[C@@H]3CN(c4cc(OC)ncn4)C[C@@H]3CN2C(=O)N(C)C)cc1. The fourth-order valence-electron chi connectivity index (χ4n) is 4.53. The van der Waals surface area contributed by atoms with Gasteiger partial charge in [0.15, 0.2) is 0 Å². The number of ether oxygens (including phenoxy) is 2. The first kappa shape index (κ1) is 19.3. The lowest BCUT2D eigenvalue weighted by atomic mass is 9.89. The van der Waals surface area contributed by atoms with E-state index in [-0.39, 0.29) is 12.1 Å². The molecule has 29 heavy (non-hydrogen) atoms. The van der Waals surface area contributed by atoms with E-state index in [4.69, 9.17) is 9.47 Å². The lowest BCUT2D eigenvalue weighted by Gasteiger charge is -2.32. The average molecular weight is 397 g/mol. The molecule has 1 aromatic carbocycles. The summed E-state index contributed by atoms with van der Waals surface area (Å²) in [5, 5.41) is 0. The third-order valence-electron chi connectivity index (χ3n) is 5.91. The van der Waals surface area contributed by atoms with Gasteiger partial charge in [-0.3, -0.25) is 0 Å². The lowest BCUT2D eigenvalue weighted by Crippen LogP contribution is -2.41. The van der Waals surface area contributed by atoms with E-state index in [1.54, 1.807) is 33.2 Å². The van der Waals surface area contributed by atoms with E-state index < -0.39 is 0 Å². The summed E-state index contributed by atoms with van der Waals surface area (Å²) in [6, 6.07) is 10.00. The highest BCUT2D eigenvalue weighted by Gasteiger charge is 2.49. The maximum absolute atomic E-state index is 12.9. The van der Waals surface area contributed by atoms with Crippen molar-refractivity contribution in [2.24, 2.45) is 11.8 Å². The van der Waals surface area contributed by atoms with Crippen molar-refractivity contribution in [2.75, 3.05) is 52.8 Å². The molecular weight excluding hydrogens is 370 g/mol. The van der Waals surface area contributed by atoms with Crippen molar-refractivity contribution in [1.29, 1.82) is 0 Å². The summed E-state index contributed by atoms with van der Waals surface area (Å²) in [5.41, 5.74) is 1.13. The number of hydrogen-bond donors (Lipinski definition) is 0. The molecule has 4 rings (SSSR count). The van der Waals surface area contributed by atoms with E-state index in [0.29, 0.717) is 17.7 Å². The first-order valence-electron chi connectivity index (χ1n) is 9.74. The number of carbonyl (C=O) groups is 1. The van der Waals surface area contributed by atoms with Crippen LogP contribution in [0.1, 0.15) is 11.6 Å². The molecule has 2 aliphatic rings. The molecule has 2 aliphatic heterocycles. The summed E-state index contributed by atoms with van der Waals surface area (Å²) in [7, 11) is 6.88. The molecule has 3 heterocycles. The number of amides is 2. The van der Waals surface area contributed by atoms with Gasteiger partial charge in [0.25, 0.3) is 0 Å². The van der Waals surface area contributed by atoms with Crippen molar-refractivity contribution in [3.05, 3.63) is 42.2 Å². The van der Waals surface area contributed by atoms with Crippen molar-refractivity contribution in [3.8, 4) is 11.6 Å². The van der Waals surface area contributed by atoms with Crippen LogP contribution in [-0.2, 0) is 0 Å². The van der Waals surface area contributed by atoms with Gasteiger partial charge < -0.3 is 24.2 Å². The van der Waals surface area contributed by atoms with Crippen LogP contribution in [0.3, 0.4) is 0 Å². The third kappa shape index (κ3) is 3.54. The minimum absolute atomic E-state index is 0.0227. The second-order valence-electron chi connectivity index (χ2n) is 7.79. The predicted octanol–water partition coefficient (Wildman–Crippen LogP) is 2.28. The van der Waals surface area contributed by atoms with Gasteiger partial charge in [-0.05, 0) is 17.7 Å². The van der Waals surface area contributed by atoms with Gasteiger partial charge in [0.1, 0.15) is 17.9 Å². The van der Waals surface area contributed by atoms with Crippen molar-refractivity contribution in [3.63, 3.8) is 0 Å². The van der Waals surface area contributed by atoms with Crippen molar-refractivity contribution >= 4 is 11.8 Å². The fourth-order valence-corrected chi connectivity index (χ4v) is 4.53. The number of likely N-dealkylation sites (tertiary alicyclic amines) is 1. The molecule has 8 heteroatoms. The molecule has 8 nitrogen and oxygen atoms in total. The minimum Gasteiger partial charge on any atom is -0.497 e. The molecule has 0 bridgehead atoms. The van der Waals surface area contributed by atoms with Crippen molar-refractivity contribution < 1.29 is 14.3 Å². The van der Waals surface area contributed by atoms with Crippen molar-refractivity contribution in [2.45, 2.75) is 6.04 Å². The highest BCUT2D eigenvalue weighted by Crippen LogP contribution is 2.46. The van der Waals surface area contributed by atoms with Gasteiger partial charge in [-0.1, -0.05) is 12.1 Å². The Morgan fingerprint density at radius 1 is 1.07 bits per heavy atom. The van der Waals surface area contributed by atoms with E-state index in [1.165, 1.54) is 6.33 Å². The summed E-state index contributed by atoms with van der Waals surface area (Å²) in [6.45, 7) is 2.42. The zero-order chi connectivity index (χ0) is 20.5. The summed E-state index contributed by atoms with van der Waals surface area (Å²) >= 11 is 0. The molecular formula is C21H27N5O3. The molecule has 0 spiro atoms. The molecule has 154 valence electrons. The molecule has 2 aromatic rings. The maximum atomic E-state index is 12.9. The zero-order valence-corrected chi connectivity index (χ0v) is 17.3. The summed E-state index contributed by atoms with van der Waals surface area (Å²) in [4.78, 5) is 27.4. The van der Waals surface area contributed by atoms with E-state index in [9.17, 15) is 4.79 Å². The van der Waals surface area contributed by atoms with Crippen LogP contribution in [0.25, 0.3) is 0 Å². The predicted molar refractivity (Wildman–Crippen MR) is 109 cm³/mol. The Morgan fingerprint density at radius 2 is 1.83 bits per heavy atom. The molecule has 1 aromatic heterocycles. The van der Waals surface area contributed by atoms with Crippen LogP contribution in [0.15, 0.2) is 36.7 Å². The quantitative estimate of drug-likeness (QED) is 0.788. The van der Waals surface area contributed by atoms with Crippen LogP contribution in [0.5, 0.6) is 11.6 Å². The number of hydrogen-bond acceptors (Lipinski definition) is 6. The van der Waals surface area contributed by atoms with E-state index in [1.807, 2.05) is 23.1 Å². The average Bonchev–Trinajstić information content (AvgIpc) is 3.31. The number of urea groups is 1. The maximum Gasteiger partial charge on any atom is 0.320 e. The molecule has 0 aliphatic carbocycles. The second kappa shape index (κ2) is 7.77. The first-order valence-corrected chi connectivity index (χ1v) is 9.74. The highest BCUT2D eigenvalue weighted by molar-refractivity contribution is 5.75. The van der Waals surface area contributed by atoms with Gasteiger partial charge >= 0.3 is 6.03 Å². The number of rotatable bonds is 4. The number of benzene rings is 1. The van der Waals surface area contributed by atoms with E-state index >= 15 is 0 Å². The molecule has 0 saturated carbocycles. The normalized spacial score (nSPS) is 23.1. The van der Waals surface area contributed by atoms with Crippen LogP contribution in [0, 0.1) is 11.8 Å². The Bertz CT molecular complexity index is 873. The van der Waals surface area contributed by atoms with Gasteiger partial charge in [0.2, 0.25) is 5.88 Å². The highest BCUT2D eigenvalue weighted by atomic mass is 16.5. The molecule has 2 fully saturated rings. The van der Waals surface area contributed by atoms with Crippen LogP contribution in [0.4, 0.5) is 10.6 Å². The standard InChI is InChI=1S/C21H27N5O3/c1-24(2)21(27)26-11-15-10-25(18-9-19(29-4)23-13-22-18)12-17(15)20(26)14-5-7-16(28-3)8-6-14/h5-9,13,15,17,20H,10-12H2,1-4H3/t15-,17-,20+/m1/s1. The monoisotopic (exact) mass is 397 g/mol. The molecule has 2 saturated heterocycles. The van der Waals surface area contributed by atoms with Gasteiger partial charge in [-0.2, -0.15) is 0 Å². The van der Waals surface area contributed by atoms with Crippen molar-refractivity contribution in [1.82, 2.24) is 19.8 Å². The first-order chi connectivity index (χ1) is 14.0. The second-order valence-corrected chi connectivity index (χ2v) is 7.79. The van der Waals surface area contributed by atoms with Crippen LogP contribution >= 0.6 is 0 Å². The Balaban J connectivity index is 1.62. The van der Waals surface area contributed by atoms with Gasteiger partial charge in [-0.15, -0.1) is 0 Å². The molecule has 0 N–H and O–H groups in total.